The molecule has 0 radical (unpaired) electrons. The third kappa shape index (κ3) is 5.67. The van der Waals surface area contributed by atoms with Crippen LogP contribution < -0.4 is 0 Å². The van der Waals surface area contributed by atoms with E-state index < -0.39 is 84.8 Å². The molecule has 0 bridgehead atoms. The molecule has 4 aliphatic heterocycles. The first kappa shape index (κ1) is 37.2. The van der Waals surface area contributed by atoms with Crippen molar-refractivity contribution in [3.63, 3.8) is 0 Å². The van der Waals surface area contributed by atoms with Gasteiger partial charge in [-0.25, -0.2) is 0 Å². The molecule has 290 valence electrons. The Morgan fingerprint density at radius 1 is 0.745 bits per heavy atom. The van der Waals surface area contributed by atoms with Crippen molar-refractivity contribution >= 4 is 0 Å². The topological polar surface area (TPSA) is 177 Å². The second-order valence-corrected chi connectivity index (χ2v) is 18.3. The molecule has 0 amide bonds. The Balaban J connectivity index is 1.08. The van der Waals surface area contributed by atoms with Crippen LogP contribution in [0.5, 0.6) is 0 Å². The maximum absolute atomic E-state index is 11.1. The standard InChI is InChI=1S/C39H62O12/c1-17-9-12-39(46-16-17)18(2)28-26(51-39)15-25-23-8-7-21-13-22(49-35-33(44)31(42)29(40)19(3)47-35)14-27(38(21,6)24(23)10-11-37(25,28)5)50-36-34(45)32(43)30(41)20(4)48-36/h7,17-20,22-36,40-45H,8-16H2,1-6H3/t17-,18-,19-,20+,22+,23?,24?,25?,26-,27+,28-,29-,30-,31+,32-,33+,34+,35-,36-,37-,38-,39+/m0/s1. The second-order valence-electron chi connectivity index (χ2n) is 18.3. The third-order valence-corrected chi connectivity index (χ3v) is 15.6. The van der Waals surface area contributed by atoms with Crippen molar-refractivity contribution in [2.24, 2.45) is 46.3 Å². The quantitative estimate of drug-likeness (QED) is 0.234. The van der Waals surface area contributed by atoms with Gasteiger partial charge in [-0.1, -0.05) is 39.3 Å². The lowest BCUT2D eigenvalue weighted by atomic mass is 9.46. The Bertz CT molecular complexity index is 1320. The van der Waals surface area contributed by atoms with Gasteiger partial charge in [-0.3, -0.25) is 0 Å². The fraction of sp³-hybridized carbons (Fsp3) is 0.949. The number of aliphatic hydroxyl groups is 6. The lowest BCUT2D eigenvalue weighted by Gasteiger charge is -2.61. The van der Waals surface area contributed by atoms with E-state index in [4.69, 9.17) is 28.4 Å². The lowest BCUT2D eigenvalue weighted by molar-refractivity contribution is -0.329. The van der Waals surface area contributed by atoms with E-state index in [1.165, 1.54) is 5.57 Å². The highest BCUT2D eigenvalue weighted by Crippen LogP contribution is 2.71. The van der Waals surface area contributed by atoms with Gasteiger partial charge in [-0.05, 0) is 87.4 Å². The molecule has 3 unspecified atom stereocenters. The van der Waals surface area contributed by atoms with Gasteiger partial charge in [0, 0.05) is 24.2 Å². The summed E-state index contributed by atoms with van der Waals surface area (Å²) in [7, 11) is 0. The van der Waals surface area contributed by atoms with Crippen molar-refractivity contribution in [3.8, 4) is 0 Å². The van der Waals surface area contributed by atoms with E-state index in [-0.39, 0.29) is 17.4 Å². The zero-order chi connectivity index (χ0) is 36.4. The Morgan fingerprint density at radius 2 is 1.39 bits per heavy atom. The molecule has 22 atom stereocenters. The molecule has 4 heterocycles. The van der Waals surface area contributed by atoms with E-state index in [9.17, 15) is 30.6 Å². The first-order valence-electron chi connectivity index (χ1n) is 19.8. The Hall–Kier alpha value is -0.740. The summed E-state index contributed by atoms with van der Waals surface area (Å²) in [6.45, 7) is 13.4. The summed E-state index contributed by atoms with van der Waals surface area (Å²) >= 11 is 0. The smallest absolute Gasteiger partial charge is 0.186 e. The van der Waals surface area contributed by atoms with Gasteiger partial charge in [0.25, 0.3) is 0 Å². The van der Waals surface area contributed by atoms with Gasteiger partial charge in [-0.2, -0.15) is 0 Å². The fourth-order valence-corrected chi connectivity index (χ4v) is 12.6. The summed E-state index contributed by atoms with van der Waals surface area (Å²) in [6.07, 6.45) is -3.33. The Labute approximate surface area is 301 Å². The molecule has 0 aromatic rings. The van der Waals surface area contributed by atoms with E-state index in [1.54, 1.807) is 13.8 Å². The summed E-state index contributed by atoms with van der Waals surface area (Å²) in [6, 6.07) is 0. The zero-order valence-corrected chi connectivity index (χ0v) is 31.0. The molecule has 8 aliphatic rings. The van der Waals surface area contributed by atoms with Crippen LogP contribution in [0.1, 0.15) is 92.9 Å². The number of rotatable bonds is 4. The van der Waals surface area contributed by atoms with Crippen molar-refractivity contribution in [1.82, 2.24) is 0 Å². The van der Waals surface area contributed by atoms with E-state index in [2.05, 4.69) is 33.8 Å². The van der Waals surface area contributed by atoms with Crippen LogP contribution in [0.2, 0.25) is 0 Å². The molecule has 51 heavy (non-hydrogen) atoms. The SMILES string of the molecule is C[C@H]1CC[C@@]2(OC1)O[C@H]1CC3C4CC=C5C[C@@H](O[C@@H]6O[C@@H](C)[C@H](O)[C@@H](O)[C@H]6O)C[C@@H](O[C@@H]6O[C@H](C)[C@H](O)[C@H](O)[C@H]6O)[C@]5(C)C4CC[C@]3(C)[C@H]1[C@@H]2C. The molecule has 0 aromatic carbocycles. The third-order valence-electron chi connectivity index (χ3n) is 15.6. The highest BCUT2D eigenvalue weighted by atomic mass is 16.7. The maximum atomic E-state index is 11.1. The first-order valence-corrected chi connectivity index (χ1v) is 19.8. The minimum atomic E-state index is -1.45. The molecule has 1 spiro atoms. The highest BCUT2D eigenvalue weighted by molar-refractivity contribution is 5.29. The molecule has 7 fully saturated rings. The number of hydrogen-bond donors (Lipinski definition) is 6. The molecule has 8 rings (SSSR count). The van der Waals surface area contributed by atoms with Crippen LogP contribution in [0, 0.1) is 46.3 Å². The van der Waals surface area contributed by atoms with E-state index in [0.717, 1.165) is 45.1 Å². The van der Waals surface area contributed by atoms with Gasteiger partial charge >= 0.3 is 0 Å². The Morgan fingerprint density at radius 3 is 2.02 bits per heavy atom. The van der Waals surface area contributed by atoms with Crippen molar-refractivity contribution in [1.29, 1.82) is 0 Å². The molecule has 3 saturated carbocycles. The number of aliphatic hydroxyl groups excluding tert-OH is 6. The summed E-state index contributed by atoms with van der Waals surface area (Å²) in [5.41, 5.74) is 0.868. The van der Waals surface area contributed by atoms with E-state index in [1.807, 2.05) is 0 Å². The summed E-state index contributed by atoms with van der Waals surface area (Å²) in [5.74, 6) is 1.99. The van der Waals surface area contributed by atoms with Crippen LogP contribution in [0.4, 0.5) is 0 Å². The summed E-state index contributed by atoms with van der Waals surface area (Å²) in [5, 5.41) is 63.8. The van der Waals surface area contributed by atoms with Crippen molar-refractivity contribution < 1.29 is 59.1 Å². The van der Waals surface area contributed by atoms with Crippen LogP contribution >= 0.6 is 0 Å². The van der Waals surface area contributed by atoms with Crippen LogP contribution in [-0.4, -0.2) is 123 Å². The molecular weight excluding hydrogens is 660 g/mol. The highest BCUT2D eigenvalue weighted by Gasteiger charge is 2.69. The largest absolute Gasteiger partial charge is 0.388 e. The van der Waals surface area contributed by atoms with Crippen LogP contribution in [0.3, 0.4) is 0 Å². The molecule has 4 aliphatic carbocycles. The van der Waals surface area contributed by atoms with Gasteiger partial charge in [0.2, 0.25) is 0 Å². The maximum Gasteiger partial charge on any atom is 0.186 e. The van der Waals surface area contributed by atoms with Crippen molar-refractivity contribution in [2.45, 2.75) is 178 Å². The molecule has 4 saturated heterocycles. The van der Waals surface area contributed by atoms with Gasteiger partial charge in [-0.15, -0.1) is 0 Å². The molecule has 6 N–H and O–H groups in total. The lowest BCUT2D eigenvalue weighted by Crippen LogP contribution is -2.62. The van der Waals surface area contributed by atoms with Crippen molar-refractivity contribution in [2.75, 3.05) is 6.61 Å². The number of ether oxygens (including phenoxy) is 6. The minimum absolute atomic E-state index is 0.119. The van der Waals surface area contributed by atoms with Gasteiger partial charge < -0.3 is 59.1 Å². The number of allylic oxidation sites excluding steroid dienone is 1. The van der Waals surface area contributed by atoms with Gasteiger partial charge in [0.15, 0.2) is 18.4 Å². The molecular formula is C39H62O12. The van der Waals surface area contributed by atoms with Crippen LogP contribution in [0.25, 0.3) is 0 Å². The Kier molecular flexibility index (Phi) is 9.62. The van der Waals surface area contributed by atoms with Gasteiger partial charge in [0.05, 0.1) is 37.1 Å². The van der Waals surface area contributed by atoms with E-state index in [0.29, 0.717) is 42.4 Å². The first-order chi connectivity index (χ1) is 24.1. The van der Waals surface area contributed by atoms with E-state index >= 15 is 0 Å². The normalized spacial score (nSPS) is 59.8. The molecule has 12 nitrogen and oxygen atoms in total. The zero-order valence-electron chi connectivity index (χ0n) is 31.0. The summed E-state index contributed by atoms with van der Waals surface area (Å²) in [4.78, 5) is 0. The van der Waals surface area contributed by atoms with Crippen LogP contribution in [0.15, 0.2) is 11.6 Å². The minimum Gasteiger partial charge on any atom is -0.388 e. The second kappa shape index (κ2) is 13.2. The van der Waals surface area contributed by atoms with Gasteiger partial charge in [0.1, 0.15) is 36.6 Å². The van der Waals surface area contributed by atoms with Crippen LogP contribution in [-0.2, 0) is 28.4 Å². The fourth-order valence-electron chi connectivity index (χ4n) is 12.6. The number of hydrogen-bond acceptors (Lipinski definition) is 12. The average molecular weight is 723 g/mol. The summed E-state index contributed by atoms with van der Waals surface area (Å²) < 4.78 is 38.5. The monoisotopic (exact) mass is 722 g/mol. The molecule has 0 aromatic heterocycles. The number of fused-ring (bicyclic) bond motifs is 7. The molecule has 12 heteroatoms. The predicted molar refractivity (Wildman–Crippen MR) is 182 cm³/mol. The van der Waals surface area contributed by atoms with Crippen molar-refractivity contribution in [3.05, 3.63) is 11.6 Å². The predicted octanol–water partition coefficient (Wildman–Crippen LogP) is 2.39. The average Bonchev–Trinajstić information content (AvgIpc) is 3.55.